The third kappa shape index (κ3) is 2.70. The first-order valence-corrected chi connectivity index (χ1v) is 6.88. The minimum Gasteiger partial charge on any atom is -0.384 e. The van der Waals surface area contributed by atoms with Gasteiger partial charge in [-0.1, -0.05) is 18.9 Å². The molecule has 0 unspecified atom stereocenters. The van der Waals surface area contributed by atoms with Gasteiger partial charge in [-0.25, -0.2) is 0 Å². The van der Waals surface area contributed by atoms with Crippen LogP contribution in [0.3, 0.4) is 0 Å². The van der Waals surface area contributed by atoms with Gasteiger partial charge in [0.1, 0.15) is 6.07 Å². The van der Waals surface area contributed by atoms with E-state index in [9.17, 15) is 0 Å². The van der Waals surface area contributed by atoms with Gasteiger partial charge in [0.2, 0.25) is 0 Å². The number of nitrogens with one attached hydrogen (secondary N) is 1. The van der Waals surface area contributed by atoms with Gasteiger partial charge in [0.05, 0.1) is 11.3 Å². The zero-order chi connectivity index (χ0) is 11.4. The van der Waals surface area contributed by atoms with Gasteiger partial charge in [-0.05, 0) is 30.7 Å². The fraction of sp³-hybridized carbons (Fsp3) is 0.462. The Morgan fingerprint density at radius 2 is 2.31 bits per heavy atom. The maximum atomic E-state index is 9.15. The number of rotatable bonds is 5. The molecule has 16 heavy (non-hydrogen) atoms. The van der Waals surface area contributed by atoms with Gasteiger partial charge in [0.15, 0.2) is 0 Å². The molecule has 84 valence electrons. The largest absolute Gasteiger partial charge is 0.384 e. The van der Waals surface area contributed by atoms with Crippen molar-refractivity contribution in [3.05, 3.63) is 23.8 Å². The second-order valence-corrected chi connectivity index (χ2v) is 5.00. The Balaban J connectivity index is 2.03. The van der Waals surface area contributed by atoms with Crippen LogP contribution in [-0.2, 0) is 0 Å². The van der Waals surface area contributed by atoms with E-state index in [2.05, 4.69) is 11.4 Å². The van der Waals surface area contributed by atoms with E-state index in [0.29, 0.717) is 0 Å². The standard InChI is InChI=1S/C13H16N2S/c1-16-13-4-2-3-12(11(13)9-14)15-8-7-10-5-6-10/h2-4,10,15H,5-8H2,1H3. The quantitative estimate of drug-likeness (QED) is 0.789. The van der Waals surface area contributed by atoms with Crippen molar-refractivity contribution in [3.63, 3.8) is 0 Å². The Morgan fingerprint density at radius 1 is 1.50 bits per heavy atom. The van der Waals surface area contributed by atoms with E-state index < -0.39 is 0 Å². The van der Waals surface area contributed by atoms with Crippen LogP contribution >= 0.6 is 11.8 Å². The average Bonchev–Trinajstić information content (AvgIpc) is 3.12. The molecule has 1 aliphatic carbocycles. The molecule has 2 nitrogen and oxygen atoms in total. The topological polar surface area (TPSA) is 35.8 Å². The second-order valence-electron chi connectivity index (χ2n) is 4.15. The van der Waals surface area contributed by atoms with Crippen LogP contribution in [-0.4, -0.2) is 12.8 Å². The summed E-state index contributed by atoms with van der Waals surface area (Å²) in [5.41, 5.74) is 1.76. The van der Waals surface area contributed by atoms with E-state index in [1.165, 1.54) is 19.3 Å². The summed E-state index contributed by atoms with van der Waals surface area (Å²) in [7, 11) is 0. The highest BCUT2D eigenvalue weighted by Gasteiger charge is 2.20. The van der Waals surface area contributed by atoms with Crippen molar-refractivity contribution in [1.82, 2.24) is 0 Å². The summed E-state index contributed by atoms with van der Waals surface area (Å²) in [4.78, 5) is 1.05. The average molecular weight is 232 g/mol. The predicted molar refractivity (Wildman–Crippen MR) is 68.8 cm³/mol. The maximum absolute atomic E-state index is 9.15. The normalized spacial score (nSPS) is 14.5. The fourth-order valence-electron chi connectivity index (χ4n) is 1.78. The Bertz CT molecular complexity index is 405. The number of nitriles is 1. The number of hydrogen-bond donors (Lipinski definition) is 1. The van der Waals surface area contributed by atoms with Gasteiger partial charge in [-0.3, -0.25) is 0 Å². The highest BCUT2D eigenvalue weighted by atomic mass is 32.2. The van der Waals surface area contributed by atoms with Gasteiger partial charge in [0, 0.05) is 11.4 Å². The van der Waals surface area contributed by atoms with E-state index in [0.717, 1.165) is 28.6 Å². The molecule has 0 aromatic heterocycles. The molecule has 0 radical (unpaired) electrons. The van der Waals surface area contributed by atoms with Crippen LogP contribution in [0, 0.1) is 17.2 Å². The lowest BCUT2D eigenvalue weighted by atomic mass is 10.2. The van der Waals surface area contributed by atoms with Crippen LogP contribution in [0.4, 0.5) is 5.69 Å². The Labute approximate surface area is 101 Å². The SMILES string of the molecule is CSc1cccc(NCCC2CC2)c1C#N. The highest BCUT2D eigenvalue weighted by Crippen LogP contribution is 2.32. The molecule has 1 aliphatic rings. The van der Waals surface area contributed by atoms with Crippen LogP contribution in [0.5, 0.6) is 0 Å². The molecule has 0 amide bonds. The van der Waals surface area contributed by atoms with Gasteiger partial charge in [-0.15, -0.1) is 11.8 Å². The zero-order valence-corrected chi connectivity index (χ0v) is 10.3. The number of anilines is 1. The van der Waals surface area contributed by atoms with E-state index in [1.807, 2.05) is 24.5 Å². The maximum Gasteiger partial charge on any atom is 0.102 e. The summed E-state index contributed by atoms with van der Waals surface area (Å²) in [5.74, 6) is 0.932. The minimum absolute atomic E-state index is 0.783. The van der Waals surface area contributed by atoms with E-state index in [1.54, 1.807) is 11.8 Å². The van der Waals surface area contributed by atoms with Gasteiger partial charge >= 0.3 is 0 Å². The smallest absolute Gasteiger partial charge is 0.102 e. The van der Waals surface area contributed by atoms with Crippen molar-refractivity contribution in [3.8, 4) is 6.07 Å². The molecule has 0 atom stereocenters. The summed E-state index contributed by atoms with van der Waals surface area (Å²) < 4.78 is 0. The number of hydrogen-bond acceptors (Lipinski definition) is 3. The summed E-state index contributed by atoms with van der Waals surface area (Å²) in [6.07, 6.45) is 6.01. The fourth-order valence-corrected chi connectivity index (χ4v) is 2.36. The Hall–Kier alpha value is -1.14. The zero-order valence-electron chi connectivity index (χ0n) is 9.49. The van der Waals surface area contributed by atoms with Crippen molar-refractivity contribution < 1.29 is 0 Å². The molecule has 1 aromatic carbocycles. The third-order valence-electron chi connectivity index (χ3n) is 2.92. The molecule has 1 saturated carbocycles. The first kappa shape index (κ1) is 11.3. The number of thioether (sulfide) groups is 1. The molecule has 0 heterocycles. The van der Waals surface area contributed by atoms with Crippen molar-refractivity contribution >= 4 is 17.4 Å². The molecular formula is C13H16N2S. The first-order valence-electron chi connectivity index (χ1n) is 5.66. The van der Waals surface area contributed by atoms with Crippen molar-refractivity contribution in [2.45, 2.75) is 24.2 Å². The third-order valence-corrected chi connectivity index (χ3v) is 3.70. The van der Waals surface area contributed by atoms with Crippen molar-refractivity contribution in [1.29, 1.82) is 5.26 Å². The molecule has 1 fully saturated rings. The summed E-state index contributed by atoms with van der Waals surface area (Å²) in [6, 6.07) is 8.28. The van der Waals surface area contributed by atoms with E-state index in [-0.39, 0.29) is 0 Å². The molecule has 0 bridgehead atoms. The lowest BCUT2D eigenvalue weighted by Gasteiger charge is -2.09. The highest BCUT2D eigenvalue weighted by molar-refractivity contribution is 7.98. The molecule has 0 aliphatic heterocycles. The molecule has 0 saturated heterocycles. The molecule has 1 N–H and O–H groups in total. The van der Waals surface area contributed by atoms with Gasteiger partial charge < -0.3 is 5.32 Å². The van der Waals surface area contributed by atoms with E-state index in [4.69, 9.17) is 5.26 Å². The lowest BCUT2D eigenvalue weighted by Crippen LogP contribution is -2.04. The minimum atomic E-state index is 0.783. The van der Waals surface area contributed by atoms with Crippen molar-refractivity contribution in [2.24, 2.45) is 5.92 Å². The van der Waals surface area contributed by atoms with Crippen LogP contribution < -0.4 is 5.32 Å². The molecule has 1 aromatic rings. The van der Waals surface area contributed by atoms with E-state index >= 15 is 0 Å². The molecule has 2 rings (SSSR count). The second kappa shape index (κ2) is 5.27. The Kier molecular flexibility index (Phi) is 3.74. The predicted octanol–water partition coefficient (Wildman–Crippen LogP) is 3.49. The van der Waals surface area contributed by atoms with Crippen LogP contribution in [0.2, 0.25) is 0 Å². The monoisotopic (exact) mass is 232 g/mol. The molecule has 0 spiro atoms. The summed E-state index contributed by atoms with van der Waals surface area (Å²) in [5, 5.41) is 12.5. The van der Waals surface area contributed by atoms with Crippen LogP contribution in [0.1, 0.15) is 24.8 Å². The summed E-state index contributed by atoms with van der Waals surface area (Å²) in [6.45, 7) is 0.983. The first-order chi connectivity index (χ1) is 7.85. The van der Waals surface area contributed by atoms with Gasteiger partial charge in [-0.2, -0.15) is 5.26 Å². The van der Waals surface area contributed by atoms with Crippen LogP contribution in [0.25, 0.3) is 0 Å². The lowest BCUT2D eigenvalue weighted by molar-refractivity contribution is 0.760. The molecule has 3 heteroatoms. The number of benzene rings is 1. The molecular weight excluding hydrogens is 216 g/mol. The number of nitrogens with zero attached hydrogens (tertiary/aromatic N) is 1. The van der Waals surface area contributed by atoms with Crippen LogP contribution in [0.15, 0.2) is 23.1 Å². The Morgan fingerprint density at radius 3 is 2.94 bits per heavy atom. The van der Waals surface area contributed by atoms with Crippen molar-refractivity contribution in [2.75, 3.05) is 18.1 Å². The summed E-state index contributed by atoms with van der Waals surface area (Å²) >= 11 is 1.62. The van der Waals surface area contributed by atoms with Gasteiger partial charge in [0.25, 0.3) is 0 Å².